The third kappa shape index (κ3) is 4.20. The molecule has 0 fully saturated rings. The van der Waals surface area contributed by atoms with Crippen molar-refractivity contribution >= 4 is 21.6 Å². The number of sulfonamides is 1. The van der Waals surface area contributed by atoms with Crippen LogP contribution in [0.4, 0.5) is 0 Å². The second-order valence-corrected chi connectivity index (χ2v) is 6.91. The van der Waals surface area contributed by atoms with Gasteiger partial charge in [-0.3, -0.25) is 4.98 Å². The molecule has 18 heavy (non-hydrogen) atoms. The summed E-state index contributed by atoms with van der Waals surface area (Å²) in [5, 5.41) is 9.02. The van der Waals surface area contributed by atoms with Crippen molar-refractivity contribution in [3.05, 3.63) is 23.5 Å². The fraction of sp³-hybridized carbons (Fsp3) is 0.545. The van der Waals surface area contributed by atoms with Crippen LogP contribution in [0.15, 0.2) is 23.4 Å². The van der Waals surface area contributed by atoms with E-state index in [-0.39, 0.29) is 28.5 Å². The molecule has 102 valence electrons. The Kier molecular flexibility index (Phi) is 5.10. The molecule has 0 aliphatic rings. The maximum Gasteiger partial charge on any atom is 0.243 e. The average molecular weight is 293 g/mol. The monoisotopic (exact) mass is 292 g/mol. The summed E-state index contributed by atoms with van der Waals surface area (Å²) in [6, 6.07) is 1.43. The molecular formula is C11H17ClN2O3S. The predicted octanol–water partition coefficient (Wildman–Crippen LogP) is 1.42. The van der Waals surface area contributed by atoms with E-state index in [2.05, 4.69) is 9.71 Å². The van der Waals surface area contributed by atoms with Gasteiger partial charge in [-0.25, -0.2) is 13.1 Å². The van der Waals surface area contributed by atoms with Crippen molar-refractivity contribution in [2.75, 3.05) is 13.2 Å². The molecule has 1 rings (SSSR count). The zero-order valence-electron chi connectivity index (χ0n) is 10.4. The number of halogens is 1. The summed E-state index contributed by atoms with van der Waals surface area (Å²) in [5.74, 6) is 0. The normalized spacial score (nSPS) is 12.7. The molecule has 1 aromatic heterocycles. The zero-order chi connectivity index (χ0) is 13.8. The van der Waals surface area contributed by atoms with Crippen molar-refractivity contribution in [2.45, 2.75) is 25.2 Å². The summed E-state index contributed by atoms with van der Waals surface area (Å²) in [6.45, 7) is 3.98. The highest BCUT2D eigenvalue weighted by molar-refractivity contribution is 7.89. The van der Waals surface area contributed by atoms with Gasteiger partial charge in [0.1, 0.15) is 4.90 Å². The van der Waals surface area contributed by atoms with Gasteiger partial charge in [0.25, 0.3) is 0 Å². The van der Waals surface area contributed by atoms with Gasteiger partial charge in [-0.15, -0.1) is 0 Å². The van der Waals surface area contributed by atoms with Crippen LogP contribution in [-0.2, 0) is 10.0 Å². The molecule has 0 aromatic carbocycles. The SMILES string of the molecule is CC(C)(CCO)CNS(=O)(=O)c1cnccc1Cl. The van der Waals surface area contributed by atoms with Crippen LogP contribution < -0.4 is 4.72 Å². The Morgan fingerprint density at radius 3 is 2.72 bits per heavy atom. The Morgan fingerprint density at radius 2 is 2.17 bits per heavy atom. The summed E-state index contributed by atoms with van der Waals surface area (Å²) in [6.07, 6.45) is 3.15. The number of hydrogen-bond acceptors (Lipinski definition) is 4. The van der Waals surface area contributed by atoms with Crippen molar-refractivity contribution in [3.8, 4) is 0 Å². The Morgan fingerprint density at radius 1 is 1.50 bits per heavy atom. The van der Waals surface area contributed by atoms with E-state index in [0.29, 0.717) is 6.42 Å². The summed E-state index contributed by atoms with van der Waals surface area (Å²) in [5.41, 5.74) is -0.323. The first-order valence-electron chi connectivity index (χ1n) is 5.48. The van der Waals surface area contributed by atoms with Crippen LogP contribution >= 0.6 is 11.6 Å². The third-order valence-electron chi connectivity index (χ3n) is 2.55. The molecule has 0 amide bonds. The maximum absolute atomic E-state index is 12.0. The quantitative estimate of drug-likeness (QED) is 0.831. The second-order valence-electron chi connectivity index (χ2n) is 4.77. The lowest BCUT2D eigenvalue weighted by molar-refractivity contribution is 0.213. The van der Waals surface area contributed by atoms with Crippen LogP contribution in [0.2, 0.25) is 5.02 Å². The van der Waals surface area contributed by atoms with Gasteiger partial charge in [0, 0.05) is 25.5 Å². The van der Waals surface area contributed by atoms with Crippen molar-refractivity contribution in [2.24, 2.45) is 5.41 Å². The topological polar surface area (TPSA) is 79.3 Å². The fourth-order valence-corrected chi connectivity index (χ4v) is 2.99. The highest BCUT2D eigenvalue weighted by Crippen LogP contribution is 2.22. The molecule has 1 aromatic rings. The molecular weight excluding hydrogens is 276 g/mol. The van der Waals surface area contributed by atoms with Gasteiger partial charge in [0.2, 0.25) is 10.0 Å². The van der Waals surface area contributed by atoms with Crippen LogP contribution in [0.3, 0.4) is 0 Å². The molecule has 0 aliphatic carbocycles. The van der Waals surface area contributed by atoms with Gasteiger partial charge in [-0.2, -0.15) is 0 Å². The van der Waals surface area contributed by atoms with E-state index >= 15 is 0 Å². The highest BCUT2D eigenvalue weighted by atomic mass is 35.5. The van der Waals surface area contributed by atoms with Crippen molar-refractivity contribution < 1.29 is 13.5 Å². The number of aliphatic hydroxyl groups is 1. The molecule has 2 N–H and O–H groups in total. The van der Waals surface area contributed by atoms with Crippen LogP contribution in [-0.4, -0.2) is 31.7 Å². The van der Waals surface area contributed by atoms with E-state index in [1.807, 2.05) is 13.8 Å². The van der Waals surface area contributed by atoms with Crippen LogP contribution in [0.5, 0.6) is 0 Å². The molecule has 0 bridgehead atoms. The summed E-state index contributed by atoms with van der Waals surface area (Å²) < 4.78 is 26.5. The van der Waals surface area contributed by atoms with Crippen molar-refractivity contribution in [3.63, 3.8) is 0 Å². The van der Waals surface area contributed by atoms with Gasteiger partial charge in [0.05, 0.1) is 5.02 Å². The van der Waals surface area contributed by atoms with Gasteiger partial charge in [-0.05, 0) is 17.9 Å². The van der Waals surface area contributed by atoms with Crippen LogP contribution in [0.1, 0.15) is 20.3 Å². The molecule has 1 heterocycles. The molecule has 0 atom stereocenters. The number of aliphatic hydroxyl groups excluding tert-OH is 1. The molecule has 0 saturated carbocycles. The summed E-state index contributed by atoms with van der Waals surface area (Å²) in [4.78, 5) is 3.71. The molecule has 0 unspecified atom stereocenters. The Balaban J connectivity index is 2.81. The second kappa shape index (κ2) is 5.97. The largest absolute Gasteiger partial charge is 0.396 e. The lowest BCUT2D eigenvalue weighted by atomic mass is 9.90. The van der Waals surface area contributed by atoms with E-state index in [1.165, 1.54) is 18.5 Å². The minimum Gasteiger partial charge on any atom is -0.396 e. The number of nitrogens with one attached hydrogen (secondary N) is 1. The maximum atomic E-state index is 12.0. The average Bonchev–Trinajstić information content (AvgIpc) is 2.27. The standard InChI is InChI=1S/C11H17ClN2O3S/c1-11(2,4-6-15)8-14-18(16,17)10-7-13-5-3-9(10)12/h3,5,7,14-15H,4,6,8H2,1-2H3. The minimum absolute atomic E-state index is 0.0162. The molecule has 0 radical (unpaired) electrons. The van der Waals surface area contributed by atoms with E-state index in [4.69, 9.17) is 16.7 Å². The number of aromatic nitrogens is 1. The van der Waals surface area contributed by atoms with Gasteiger partial charge in [-0.1, -0.05) is 25.4 Å². The third-order valence-corrected chi connectivity index (χ3v) is 4.42. The zero-order valence-corrected chi connectivity index (χ0v) is 11.9. The van der Waals surface area contributed by atoms with Crippen molar-refractivity contribution in [1.29, 1.82) is 0 Å². The highest BCUT2D eigenvalue weighted by Gasteiger charge is 2.23. The minimum atomic E-state index is -3.67. The van der Waals surface area contributed by atoms with Crippen LogP contribution in [0.25, 0.3) is 0 Å². The molecule has 7 heteroatoms. The van der Waals surface area contributed by atoms with E-state index in [0.717, 1.165) is 0 Å². The first-order valence-corrected chi connectivity index (χ1v) is 7.35. The number of rotatable bonds is 6. The summed E-state index contributed by atoms with van der Waals surface area (Å²) in [7, 11) is -3.67. The van der Waals surface area contributed by atoms with Crippen molar-refractivity contribution in [1.82, 2.24) is 9.71 Å². The summed E-state index contributed by atoms with van der Waals surface area (Å²) >= 11 is 5.82. The molecule has 0 spiro atoms. The van der Waals surface area contributed by atoms with Crippen LogP contribution in [0, 0.1) is 5.41 Å². The van der Waals surface area contributed by atoms with E-state index in [1.54, 1.807) is 0 Å². The van der Waals surface area contributed by atoms with E-state index < -0.39 is 10.0 Å². The van der Waals surface area contributed by atoms with Gasteiger partial charge >= 0.3 is 0 Å². The smallest absolute Gasteiger partial charge is 0.243 e. The Bertz CT molecular complexity index is 503. The first-order chi connectivity index (χ1) is 8.28. The number of nitrogens with zero attached hydrogens (tertiary/aromatic N) is 1. The first kappa shape index (κ1) is 15.4. The predicted molar refractivity (Wildman–Crippen MR) is 69.9 cm³/mol. The van der Waals surface area contributed by atoms with Gasteiger partial charge in [0.15, 0.2) is 0 Å². The fourth-order valence-electron chi connectivity index (χ4n) is 1.32. The molecule has 0 saturated heterocycles. The molecule has 5 nitrogen and oxygen atoms in total. The number of pyridine rings is 1. The Labute approximate surface area is 112 Å². The Hall–Kier alpha value is -0.690. The van der Waals surface area contributed by atoms with Gasteiger partial charge < -0.3 is 5.11 Å². The molecule has 0 aliphatic heterocycles. The lowest BCUT2D eigenvalue weighted by Gasteiger charge is -2.23. The lowest BCUT2D eigenvalue weighted by Crippen LogP contribution is -2.34. The number of hydrogen-bond donors (Lipinski definition) is 2. The van der Waals surface area contributed by atoms with E-state index in [9.17, 15) is 8.42 Å².